The molecule has 0 bridgehead atoms. The quantitative estimate of drug-likeness (QED) is 0.853. The molecule has 0 spiro atoms. The van der Waals surface area contributed by atoms with E-state index in [4.69, 9.17) is 10.5 Å². The van der Waals surface area contributed by atoms with Crippen molar-refractivity contribution in [3.8, 4) is 5.75 Å². The van der Waals surface area contributed by atoms with Crippen LogP contribution in [0.1, 0.15) is 25.0 Å². The average Bonchev–Trinajstić information content (AvgIpc) is 2.51. The van der Waals surface area contributed by atoms with E-state index in [1.54, 1.807) is 13.8 Å². The van der Waals surface area contributed by atoms with Gasteiger partial charge in [0, 0.05) is 12.1 Å². The third-order valence-electron chi connectivity index (χ3n) is 3.23. The highest BCUT2D eigenvalue weighted by molar-refractivity contribution is 5.85. The first-order chi connectivity index (χ1) is 10.5. The lowest BCUT2D eigenvalue weighted by Crippen LogP contribution is -2.48. The van der Waals surface area contributed by atoms with E-state index >= 15 is 0 Å². The first-order valence-corrected chi connectivity index (χ1v) is 7.28. The van der Waals surface area contributed by atoms with Gasteiger partial charge in [-0.25, -0.2) is 0 Å². The van der Waals surface area contributed by atoms with Gasteiger partial charge in [-0.2, -0.15) is 0 Å². The number of hydrogen-bond acceptors (Lipinski definition) is 3. The Morgan fingerprint density at radius 1 is 1.09 bits per heavy atom. The van der Waals surface area contributed by atoms with Crippen molar-refractivity contribution in [2.24, 2.45) is 5.73 Å². The van der Waals surface area contributed by atoms with Crippen molar-refractivity contribution < 1.29 is 9.53 Å². The SMILES string of the molecule is CC(C)(N)C(=O)NCc1ccccc1OCc1ccccc1.Cl. The molecule has 1 amide bonds. The molecule has 0 saturated heterocycles. The molecule has 0 atom stereocenters. The summed E-state index contributed by atoms with van der Waals surface area (Å²) in [7, 11) is 0. The lowest BCUT2D eigenvalue weighted by molar-refractivity contribution is -0.125. The third-order valence-corrected chi connectivity index (χ3v) is 3.23. The van der Waals surface area contributed by atoms with Gasteiger partial charge in [-0.05, 0) is 25.5 Å². The van der Waals surface area contributed by atoms with E-state index in [1.807, 2.05) is 54.6 Å². The second kappa shape index (κ2) is 8.56. The van der Waals surface area contributed by atoms with Gasteiger partial charge in [-0.15, -0.1) is 12.4 Å². The molecular weight excluding hydrogens is 312 g/mol. The minimum atomic E-state index is -0.889. The molecule has 0 aliphatic rings. The maximum Gasteiger partial charge on any atom is 0.239 e. The van der Waals surface area contributed by atoms with Crippen LogP contribution in [0.5, 0.6) is 5.75 Å². The van der Waals surface area contributed by atoms with Gasteiger partial charge < -0.3 is 15.8 Å². The number of halogens is 1. The normalized spacial score (nSPS) is 10.6. The molecule has 2 rings (SSSR count). The standard InChI is InChI=1S/C18H22N2O2.ClH/c1-18(2,19)17(21)20-12-15-10-6-7-11-16(15)22-13-14-8-4-3-5-9-14;/h3-11H,12-13,19H2,1-2H3,(H,20,21);1H. The molecule has 0 fully saturated rings. The van der Waals surface area contributed by atoms with E-state index in [0.29, 0.717) is 13.2 Å². The summed E-state index contributed by atoms with van der Waals surface area (Å²) in [6.45, 7) is 4.25. The van der Waals surface area contributed by atoms with Gasteiger partial charge in [0.25, 0.3) is 0 Å². The number of nitrogens with one attached hydrogen (secondary N) is 1. The van der Waals surface area contributed by atoms with Crippen molar-refractivity contribution in [3.63, 3.8) is 0 Å². The van der Waals surface area contributed by atoms with Gasteiger partial charge in [0.1, 0.15) is 12.4 Å². The highest BCUT2D eigenvalue weighted by Gasteiger charge is 2.21. The van der Waals surface area contributed by atoms with Crippen molar-refractivity contribution in [2.45, 2.75) is 32.5 Å². The fourth-order valence-corrected chi connectivity index (χ4v) is 1.93. The van der Waals surface area contributed by atoms with Gasteiger partial charge >= 0.3 is 0 Å². The number of rotatable bonds is 6. The largest absolute Gasteiger partial charge is 0.489 e. The second-order valence-electron chi connectivity index (χ2n) is 5.79. The summed E-state index contributed by atoms with van der Waals surface area (Å²) in [5.74, 6) is 0.576. The third kappa shape index (κ3) is 5.93. The molecule has 0 heterocycles. The summed E-state index contributed by atoms with van der Waals surface area (Å²) in [5, 5.41) is 2.83. The number of carbonyl (C=O) groups is 1. The van der Waals surface area contributed by atoms with Crippen LogP contribution in [-0.2, 0) is 17.9 Å². The zero-order valence-electron chi connectivity index (χ0n) is 13.4. The Hall–Kier alpha value is -2.04. The predicted molar refractivity (Wildman–Crippen MR) is 94.6 cm³/mol. The molecule has 5 heteroatoms. The molecule has 0 unspecified atom stereocenters. The zero-order valence-corrected chi connectivity index (χ0v) is 14.2. The molecule has 0 aromatic heterocycles. The van der Waals surface area contributed by atoms with Crippen LogP contribution in [0.4, 0.5) is 0 Å². The van der Waals surface area contributed by atoms with Crippen LogP contribution in [0, 0.1) is 0 Å². The molecule has 2 aromatic rings. The molecule has 23 heavy (non-hydrogen) atoms. The minimum absolute atomic E-state index is 0. The Balaban J connectivity index is 0.00000264. The molecule has 0 aliphatic heterocycles. The topological polar surface area (TPSA) is 64.4 Å². The molecule has 2 aromatic carbocycles. The van der Waals surface area contributed by atoms with Crippen LogP contribution < -0.4 is 15.8 Å². The predicted octanol–water partition coefficient (Wildman–Crippen LogP) is 3.04. The zero-order chi connectivity index (χ0) is 16.0. The number of amides is 1. The van der Waals surface area contributed by atoms with Crippen LogP contribution in [0.15, 0.2) is 54.6 Å². The Kier molecular flexibility index (Phi) is 7.07. The Bertz CT molecular complexity index is 624. The fourth-order valence-electron chi connectivity index (χ4n) is 1.93. The summed E-state index contributed by atoms with van der Waals surface area (Å²) in [6, 6.07) is 17.6. The number of nitrogens with two attached hydrogens (primary N) is 1. The van der Waals surface area contributed by atoms with Crippen molar-refractivity contribution in [1.29, 1.82) is 0 Å². The summed E-state index contributed by atoms with van der Waals surface area (Å²) in [4.78, 5) is 11.9. The molecule has 3 N–H and O–H groups in total. The van der Waals surface area contributed by atoms with E-state index in [9.17, 15) is 4.79 Å². The van der Waals surface area contributed by atoms with Crippen LogP contribution in [-0.4, -0.2) is 11.4 Å². The van der Waals surface area contributed by atoms with Crippen molar-refractivity contribution in [3.05, 3.63) is 65.7 Å². The second-order valence-corrected chi connectivity index (χ2v) is 5.79. The maximum absolute atomic E-state index is 11.9. The number of benzene rings is 2. The lowest BCUT2D eigenvalue weighted by atomic mass is 10.1. The van der Waals surface area contributed by atoms with Crippen LogP contribution in [0.25, 0.3) is 0 Å². The number of para-hydroxylation sites is 1. The number of carbonyl (C=O) groups excluding carboxylic acids is 1. The van der Waals surface area contributed by atoms with Gasteiger partial charge in [-0.1, -0.05) is 48.5 Å². The highest BCUT2D eigenvalue weighted by atomic mass is 35.5. The molecule has 4 nitrogen and oxygen atoms in total. The lowest BCUT2D eigenvalue weighted by Gasteiger charge is -2.18. The van der Waals surface area contributed by atoms with Gasteiger partial charge in [-0.3, -0.25) is 4.79 Å². The minimum Gasteiger partial charge on any atom is -0.489 e. The fraction of sp³-hybridized carbons (Fsp3) is 0.278. The highest BCUT2D eigenvalue weighted by Crippen LogP contribution is 2.19. The molecule has 0 radical (unpaired) electrons. The maximum atomic E-state index is 11.9. The first-order valence-electron chi connectivity index (χ1n) is 7.28. The van der Waals surface area contributed by atoms with E-state index in [-0.39, 0.29) is 18.3 Å². The summed E-state index contributed by atoms with van der Waals surface area (Å²) in [5.41, 5.74) is 6.91. The smallest absolute Gasteiger partial charge is 0.239 e. The summed E-state index contributed by atoms with van der Waals surface area (Å²) in [6.07, 6.45) is 0. The Labute approximate surface area is 143 Å². The molecule has 0 saturated carbocycles. The molecule has 0 aliphatic carbocycles. The summed E-state index contributed by atoms with van der Waals surface area (Å²) < 4.78 is 5.86. The van der Waals surface area contributed by atoms with E-state index in [2.05, 4.69) is 5.32 Å². The van der Waals surface area contributed by atoms with Crippen molar-refractivity contribution in [1.82, 2.24) is 5.32 Å². The van der Waals surface area contributed by atoms with E-state index in [1.165, 1.54) is 0 Å². The summed E-state index contributed by atoms with van der Waals surface area (Å²) >= 11 is 0. The van der Waals surface area contributed by atoms with E-state index < -0.39 is 5.54 Å². The van der Waals surface area contributed by atoms with Crippen LogP contribution >= 0.6 is 12.4 Å². The van der Waals surface area contributed by atoms with Gasteiger partial charge in [0.05, 0.1) is 5.54 Å². The van der Waals surface area contributed by atoms with Gasteiger partial charge in [0.2, 0.25) is 5.91 Å². The van der Waals surface area contributed by atoms with E-state index in [0.717, 1.165) is 16.9 Å². The van der Waals surface area contributed by atoms with Gasteiger partial charge in [0.15, 0.2) is 0 Å². The number of ether oxygens (including phenoxy) is 1. The number of hydrogen-bond donors (Lipinski definition) is 2. The Morgan fingerprint density at radius 2 is 1.70 bits per heavy atom. The molecule has 124 valence electrons. The van der Waals surface area contributed by atoms with Crippen LogP contribution in [0.3, 0.4) is 0 Å². The van der Waals surface area contributed by atoms with Crippen molar-refractivity contribution in [2.75, 3.05) is 0 Å². The monoisotopic (exact) mass is 334 g/mol. The first kappa shape index (κ1) is 19.0. The Morgan fingerprint density at radius 3 is 2.35 bits per heavy atom. The van der Waals surface area contributed by atoms with Crippen molar-refractivity contribution >= 4 is 18.3 Å². The molecular formula is C18H23ClN2O2. The van der Waals surface area contributed by atoms with Crippen LogP contribution in [0.2, 0.25) is 0 Å². The average molecular weight is 335 g/mol.